The average molecular weight is 291 g/mol. The maximum Gasteiger partial charge on any atom is 0.266 e. The molecule has 2 aromatic heterocycles. The van der Waals surface area contributed by atoms with Crippen molar-refractivity contribution in [2.75, 3.05) is 6.54 Å². The lowest BCUT2D eigenvalue weighted by molar-refractivity contribution is -0.120. The van der Waals surface area contributed by atoms with E-state index in [-0.39, 0.29) is 17.9 Å². The van der Waals surface area contributed by atoms with Gasteiger partial charge in [-0.15, -0.1) is 0 Å². The zero-order valence-corrected chi connectivity index (χ0v) is 11.9. The monoisotopic (exact) mass is 291 g/mol. The summed E-state index contributed by atoms with van der Waals surface area (Å²) in [5, 5.41) is 14.0. The summed E-state index contributed by atoms with van der Waals surface area (Å²) in [6.07, 6.45) is 0.536. The second-order valence-corrected chi connectivity index (χ2v) is 4.80. The molecule has 0 spiro atoms. The van der Waals surface area contributed by atoms with E-state index in [4.69, 9.17) is 0 Å². The first kappa shape index (κ1) is 14.8. The van der Waals surface area contributed by atoms with Crippen LogP contribution in [0, 0.1) is 13.8 Å². The summed E-state index contributed by atoms with van der Waals surface area (Å²) in [5.74, 6) is -0.301. The van der Waals surface area contributed by atoms with Gasteiger partial charge in [0.2, 0.25) is 5.91 Å². The third-order valence-corrected chi connectivity index (χ3v) is 3.23. The zero-order chi connectivity index (χ0) is 15.4. The number of aromatic amines is 3. The normalized spacial score (nSPS) is 10.6. The van der Waals surface area contributed by atoms with Crippen LogP contribution in [0.25, 0.3) is 0 Å². The molecule has 4 N–H and O–H groups in total. The van der Waals surface area contributed by atoms with Crippen LogP contribution < -0.4 is 16.4 Å². The first-order valence-corrected chi connectivity index (χ1v) is 6.55. The highest BCUT2D eigenvalue weighted by atomic mass is 16.2. The predicted molar refractivity (Wildman–Crippen MR) is 76.2 cm³/mol. The van der Waals surface area contributed by atoms with Crippen molar-refractivity contribution in [1.82, 2.24) is 25.7 Å². The lowest BCUT2D eigenvalue weighted by atomic mass is 10.1. The quantitative estimate of drug-likeness (QED) is 0.581. The second-order valence-electron chi connectivity index (χ2n) is 4.80. The summed E-state index contributed by atoms with van der Waals surface area (Å²) in [4.78, 5) is 34.3. The van der Waals surface area contributed by atoms with Gasteiger partial charge in [-0.05, 0) is 25.8 Å². The first-order chi connectivity index (χ1) is 9.97. The van der Waals surface area contributed by atoms with Gasteiger partial charge in [-0.3, -0.25) is 29.7 Å². The van der Waals surface area contributed by atoms with E-state index in [1.54, 1.807) is 0 Å². The molecule has 8 heteroatoms. The molecule has 0 bridgehead atoms. The summed E-state index contributed by atoms with van der Waals surface area (Å²) in [6.45, 7) is 4.27. The molecule has 0 saturated heterocycles. The van der Waals surface area contributed by atoms with Crippen LogP contribution >= 0.6 is 0 Å². The maximum atomic E-state index is 11.8. The highest BCUT2D eigenvalue weighted by molar-refractivity contribution is 5.78. The molecule has 2 rings (SSSR count). The largest absolute Gasteiger partial charge is 0.355 e. The van der Waals surface area contributed by atoms with E-state index in [2.05, 4.69) is 25.7 Å². The lowest BCUT2D eigenvalue weighted by Gasteiger charge is -2.05. The third kappa shape index (κ3) is 3.68. The highest BCUT2D eigenvalue weighted by Crippen LogP contribution is 2.09. The van der Waals surface area contributed by atoms with Gasteiger partial charge in [-0.1, -0.05) is 0 Å². The number of aryl methyl sites for hydroxylation is 2. The molecule has 21 heavy (non-hydrogen) atoms. The molecule has 1 amide bonds. The van der Waals surface area contributed by atoms with Crippen molar-refractivity contribution in [3.63, 3.8) is 0 Å². The van der Waals surface area contributed by atoms with Crippen molar-refractivity contribution in [3.05, 3.63) is 49.3 Å². The van der Waals surface area contributed by atoms with Crippen molar-refractivity contribution in [3.8, 4) is 0 Å². The molecule has 0 unspecified atom stereocenters. The van der Waals surface area contributed by atoms with Crippen molar-refractivity contribution in [1.29, 1.82) is 0 Å². The maximum absolute atomic E-state index is 11.8. The van der Waals surface area contributed by atoms with Gasteiger partial charge >= 0.3 is 0 Å². The fourth-order valence-electron chi connectivity index (χ4n) is 2.09. The number of hydrogen-bond acceptors (Lipinski definition) is 4. The van der Waals surface area contributed by atoms with Crippen LogP contribution in [0.5, 0.6) is 0 Å². The van der Waals surface area contributed by atoms with E-state index in [1.165, 1.54) is 0 Å². The number of H-pyrrole nitrogens is 3. The minimum absolute atomic E-state index is 0.122. The minimum Gasteiger partial charge on any atom is -0.355 e. The molecule has 0 aliphatic carbocycles. The van der Waals surface area contributed by atoms with Crippen molar-refractivity contribution < 1.29 is 4.79 Å². The zero-order valence-electron chi connectivity index (χ0n) is 11.9. The molecule has 0 radical (unpaired) electrons. The number of hydrogen-bond donors (Lipinski definition) is 4. The summed E-state index contributed by atoms with van der Waals surface area (Å²) in [6, 6.07) is 1.13. The Hall–Kier alpha value is -2.64. The molecule has 0 fully saturated rings. The fraction of sp³-hybridized carbons (Fsp3) is 0.385. The Morgan fingerprint density at radius 2 is 2.05 bits per heavy atom. The number of rotatable bonds is 5. The Kier molecular flexibility index (Phi) is 4.36. The van der Waals surface area contributed by atoms with Gasteiger partial charge in [0.15, 0.2) is 0 Å². The van der Waals surface area contributed by atoms with Crippen molar-refractivity contribution in [2.45, 2.75) is 26.7 Å². The molecular formula is C13H17N5O3. The van der Waals surface area contributed by atoms with E-state index in [0.717, 1.165) is 23.0 Å². The standard InChI is InChI=1S/C13H17N5O3/c1-7-10(8(2)16-15-7)3-4-14-11(19)5-9-6-12(20)17-18-13(9)21/h6H,3-5H2,1-2H3,(H,14,19)(H,15,16)(H,17,20)(H,18,21). The lowest BCUT2D eigenvalue weighted by Crippen LogP contribution is -2.31. The van der Waals surface area contributed by atoms with Crippen LogP contribution in [0.1, 0.15) is 22.5 Å². The van der Waals surface area contributed by atoms with Gasteiger partial charge in [-0.25, -0.2) is 0 Å². The number of carbonyl (C=O) groups is 1. The van der Waals surface area contributed by atoms with E-state index in [0.29, 0.717) is 13.0 Å². The summed E-state index contributed by atoms with van der Waals surface area (Å²) < 4.78 is 0. The molecule has 0 aliphatic heterocycles. The molecule has 0 saturated carbocycles. The van der Waals surface area contributed by atoms with Crippen LogP contribution in [0.4, 0.5) is 0 Å². The molecule has 2 aromatic rings. The van der Waals surface area contributed by atoms with Crippen LogP contribution in [0.2, 0.25) is 0 Å². The van der Waals surface area contributed by atoms with Gasteiger partial charge in [0, 0.05) is 23.9 Å². The van der Waals surface area contributed by atoms with Gasteiger partial charge in [0.25, 0.3) is 11.1 Å². The molecule has 0 atom stereocenters. The number of nitrogens with one attached hydrogen (secondary N) is 4. The predicted octanol–water partition coefficient (Wildman–Crippen LogP) is -0.695. The Bertz CT molecular complexity index is 736. The van der Waals surface area contributed by atoms with Gasteiger partial charge in [0.1, 0.15) is 0 Å². The Balaban J connectivity index is 1.90. The summed E-state index contributed by atoms with van der Waals surface area (Å²) >= 11 is 0. The summed E-state index contributed by atoms with van der Waals surface area (Å²) in [7, 11) is 0. The van der Waals surface area contributed by atoms with Gasteiger partial charge in [-0.2, -0.15) is 5.10 Å². The second kappa shape index (κ2) is 6.21. The van der Waals surface area contributed by atoms with E-state index in [1.807, 2.05) is 13.8 Å². The Labute approximate surface area is 120 Å². The van der Waals surface area contributed by atoms with Crippen molar-refractivity contribution in [2.24, 2.45) is 0 Å². The topological polar surface area (TPSA) is 123 Å². The van der Waals surface area contributed by atoms with Crippen molar-refractivity contribution >= 4 is 5.91 Å². The van der Waals surface area contributed by atoms with E-state index in [9.17, 15) is 14.4 Å². The van der Waals surface area contributed by atoms with Crippen LogP contribution in [-0.4, -0.2) is 32.8 Å². The molecule has 8 nitrogen and oxygen atoms in total. The first-order valence-electron chi connectivity index (χ1n) is 6.55. The van der Waals surface area contributed by atoms with Gasteiger partial charge < -0.3 is 5.32 Å². The number of amides is 1. The summed E-state index contributed by atoms with van der Waals surface area (Å²) in [5.41, 5.74) is 2.20. The van der Waals surface area contributed by atoms with Crippen LogP contribution in [-0.2, 0) is 17.6 Å². The molecule has 0 aromatic carbocycles. The highest BCUT2D eigenvalue weighted by Gasteiger charge is 2.09. The Morgan fingerprint density at radius 1 is 1.29 bits per heavy atom. The fourth-order valence-corrected chi connectivity index (χ4v) is 2.09. The smallest absolute Gasteiger partial charge is 0.266 e. The molecule has 112 valence electrons. The number of carbonyl (C=O) groups excluding carboxylic acids is 1. The van der Waals surface area contributed by atoms with E-state index >= 15 is 0 Å². The molecule has 2 heterocycles. The van der Waals surface area contributed by atoms with Crippen LogP contribution in [0.15, 0.2) is 15.7 Å². The minimum atomic E-state index is -0.466. The SMILES string of the molecule is Cc1n[nH]c(C)c1CCNC(=O)Cc1cc(=O)[nH][nH]c1=O. The van der Waals surface area contributed by atoms with Gasteiger partial charge in [0.05, 0.1) is 12.1 Å². The third-order valence-electron chi connectivity index (χ3n) is 3.23. The van der Waals surface area contributed by atoms with E-state index < -0.39 is 11.1 Å². The molecule has 0 aliphatic rings. The van der Waals surface area contributed by atoms with Crippen LogP contribution in [0.3, 0.4) is 0 Å². The Morgan fingerprint density at radius 3 is 2.71 bits per heavy atom. The average Bonchev–Trinajstić information content (AvgIpc) is 2.74. The number of nitrogens with zero attached hydrogens (tertiary/aromatic N) is 1. The number of aromatic nitrogens is 4. The molecular weight excluding hydrogens is 274 g/mol.